The highest BCUT2D eigenvalue weighted by molar-refractivity contribution is 5.81. The van der Waals surface area contributed by atoms with E-state index in [0.717, 1.165) is 31.3 Å². The number of hydrogen-bond acceptors (Lipinski definition) is 6. The van der Waals surface area contributed by atoms with Crippen molar-refractivity contribution in [1.82, 2.24) is 19.4 Å². The van der Waals surface area contributed by atoms with Gasteiger partial charge in [-0.1, -0.05) is 6.07 Å². The number of likely N-dealkylation sites (tertiary alicyclic amines) is 1. The maximum absolute atomic E-state index is 15.0. The second-order valence-corrected chi connectivity index (χ2v) is 9.84. The van der Waals surface area contributed by atoms with Crippen LogP contribution in [-0.2, 0) is 12.6 Å². The lowest BCUT2D eigenvalue weighted by molar-refractivity contribution is -0.0334. The van der Waals surface area contributed by atoms with Gasteiger partial charge in [0.05, 0.1) is 16.9 Å². The molecule has 0 aliphatic carbocycles. The number of nitrogens with zero attached hydrogens (tertiary/aromatic N) is 4. The number of pyridine rings is 3. The fourth-order valence-electron chi connectivity index (χ4n) is 4.89. The van der Waals surface area contributed by atoms with Crippen molar-refractivity contribution in [3.05, 3.63) is 82.8 Å². The fourth-order valence-corrected chi connectivity index (χ4v) is 4.89. The smallest absolute Gasteiger partial charge is 0.258 e. The second-order valence-electron chi connectivity index (χ2n) is 9.84. The van der Waals surface area contributed by atoms with Crippen molar-refractivity contribution >= 4 is 22.4 Å². The van der Waals surface area contributed by atoms with E-state index in [1.807, 2.05) is 19.1 Å². The Bertz CT molecular complexity index is 1470. The lowest BCUT2D eigenvalue weighted by atomic mass is 9.79. The molecule has 1 fully saturated rings. The lowest BCUT2D eigenvalue weighted by Crippen LogP contribution is -2.41. The Balaban J connectivity index is 1.41. The summed E-state index contributed by atoms with van der Waals surface area (Å²) in [5.41, 5.74) is 1.25. The Morgan fingerprint density at radius 2 is 1.89 bits per heavy atom. The van der Waals surface area contributed by atoms with Gasteiger partial charge in [-0.25, -0.2) is 14.4 Å². The molecule has 4 aromatic rings. The first-order valence-electron chi connectivity index (χ1n) is 12.1. The number of anilines is 2. The molecule has 7 nitrogen and oxygen atoms in total. The van der Waals surface area contributed by atoms with Crippen LogP contribution >= 0.6 is 0 Å². The molecule has 186 valence electrons. The van der Waals surface area contributed by atoms with Crippen LogP contribution in [0.2, 0.25) is 0 Å². The van der Waals surface area contributed by atoms with Crippen LogP contribution in [0.1, 0.15) is 25.5 Å². The van der Waals surface area contributed by atoms with E-state index in [0.29, 0.717) is 28.2 Å². The van der Waals surface area contributed by atoms with E-state index in [9.17, 15) is 14.3 Å². The number of aromatic nitrogens is 3. The highest BCUT2D eigenvalue weighted by atomic mass is 19.1. The summed E-state index contributed by atoms with van der Waals surface area (Å²) in [6.45, 7) is 3.75. The molecule has 0 bridgehead atoms. The third kappa shape index (κ3) is 4.62. The van der Waals surface area contributed by atoms with Gasteiger partial charge in [0, 0.05) is 36.5 Å². The van der Waals surface area contributed by atoms with Gasteiger partial charge in [-0.3, -0.25) is 4.79 Å². The number of aliphatic hydroxyl groups is 1. The third-order valence-corrected chi connectivity index (χ3v) is 7.27. The second kappa shape index (κ2) is 9.44. The van der Waals surface area contributed by atoms with Crippen LogP contribution in [0.15, 0.2) is 65.7 Å². The molecule has 0 radical (unpaired) electrons. The lowest BCUT2D eigenvalue weighted by Gasteiger charge is -2.38. The number of benzene rings is 1. The predicted octanol–water partition coefficient (Wildman–Crippen LogP) is 4.43. The average molecular weight is 488 g/mol. The summed E-state index contributed by atoms with van der Waals surface area (Å²) in [6, 6.07) is 13.6. The molecule has 1 saturated heterocycles. The Labute approximate surface area is 209 Å². The zero-order chi connectivity index (χ0) is 25.4. The molecule has 8 heteroatoms. The van der Waals surface area contributed by atoms with Crippen LogP contribution in [-0.4, -0.2) is 44.7 Å². The van der Waals surface area contributed by atoms with Gasteiger partial charge in [0.1, 0.15) is 17.2 Å². The van der Waals surface area contributed by atoms with E-state index in [1.165, 1.54) is 10.6 Å². The van der Waals surface area contributed by atoms with Gasteiger partial charge in [-0.2, -0.15) is 0 Å². The minimum atomic E-state index is -1.04. The number of piperidine rings is 1. The summed E-state index contributed by atoms with van der Waals surface area (Å²) in [4.78, 5) is 23.8. The number of halogens is 1. The van der Waals surface area contributed by atoms with Crippen molar-refractivity contribution in [1.29, 1.82) is 0 Å². The van der Waals surface area contributed by atoms with Gasteiger partial charge in [0.2, 0.25) is 0 Å². The molecule has 0 spiro atoms. The first kappa shape index (κ1) is 24.1. The maximum Gasteiger partial charge on any atom is 0.258 e. The van der Waals surface area contributed by atoms with Crippen LogP contribution in [0.25, 0.3) is 22.0 Å². The molecule has 0 saturated carbocycles. The summed E-state index contributed by atoms with van der Waals surface area (Å²) in [5, 5.41) is 15.2. The molecule has 4 heterocycles. The van der Waals surface area contributed by atoms with Crippen molar-refractivity contribution in [2.24, 2.45) is 13.0 Å². The normalized spacial score (nSPS) is 16.7. The van der Waals surface area contributed by atoms with Gasteiger partial charge in [-0.05, 0) is 87.8 Å². The number of fused-ring (bicyclic) bond motifs is 1. The van der Waals surface area contributed by atoms with Gasteiger partial charge in [0.15, 0.2) is 0 Å². The third-order valence-electron chi connectivity index (χ3n) is 7.27. The van der Waals surface area contributed by atoms with E-state index < -0.39 is 11.4 Å². The van der Waals surface area contributed by atoms with Crippen LogP contribution in [0.4, 0.5) is 15.9 Å². The van der Waals surface area contributed by atoms with Crippen molar-refractivity contribution in [2.75, 3.05) is 25.5 Å². The Morgan fingerprint density at radius 1 is 1.11 bits per heavy atom. The Kier molecular flexibility index (Phi) is 6.32. The summed E-state index contributed by atoms with van der Waals surface area (Å²) < 4.78 is 16.4. The van der Waals surface area contributed by atoms with Crippen molar-refractivity contribution < 1.29 is 9.50 Å². The fraction of sp³-hybridized carbons (Fsp3) is 0.321. The minimum Gasteiger partial charge on any atom is -0.384 e. The molecule has 36 heavy (non-hydrogen) atoms. The number of aryl methyl sites for hydroxylation is 1. The molecule has 2 N–H and O–H groups in total. The minimum absolute atomic E-state index is 0.132. The monoisotopic (exact) mass is 487 g/mol. The summed E-state index contributed by atoms with van der Waals surface area (Å²) in [6.07, 6.45) is 5.17. The average Bonchev–Trinajstić information content (AvgIpc) is 2.87. The number of rotatable bonds is 5. The Hall–Kier alpha value is -3.62. The predicted molar refractivity (Wildman–Crippen MR) is 140 cm³/mol. The first-order chi connectivity index (χ1) is 17.2. The van der Waals surface area contributed by atoms with Crippen LogP contribution in [0, 0.1) is 11.7 Å². The molecule has 5 rings (SSSR count). The van der Waals surface area contributed by atoms with E-state index in [1.54, 1.807) is 49.8 Å². The number of hydrogen-bond donors (Lipinski definition) is 2. The van der Waals surface area contributed by atoms with E-state index >= 15 is 0 Å². The van der Waals surface area contributed by atoms with E-state index in [-0.39, 0.29) is 17.2 Å². The van der Waals surface area contributed by atoms with Gasteiger partial charge in [0.25, 0.3) is 5.56 Å². The van der Waals surface area contributed by atoms with E-state index in [4.69, 9.17) is 4.98 Å². The molecule has 0 amide bonds. The van der Waals surface area contributed by atoms with Crippen LogP contribution in [0.3, 0.4) is 0 Å². The highest BCUT2D eigenvalue weighted by Crippen LogP contribution is 2.36. The molecule has 0 unspecified atom stereocenters. The summed E-state index contributed by atoms with van der Waals surface area (Å²) >= 11 is 0. The highest BCUT2D eigenvalue weighted by Gasteiger charge is 2.36. The van der Waals surface area contributed by atoms with Gasteiger partial charge in [-0.15, -0.1) is 0 Å². The molecule has 3 aromatic heterocycles. The standard InChI is InChI=1S/C28H30FN5O2/c1-28(36,20-10-13-33(2)14-11-20)25-9-7-19-17-30-26(16-24(19)31-25)32-23-8-6-18(15-22(23)29)21-5-4-12-34(3)27(21)35/h4-9,12,15-17,20,36H,10-11,13-14H2,1-3H3,(H,30,32)/t28-/m1/s1. The van der Waals surface area contributed by atoms with Gasteiger partial charge >= 0.3 is 0 Å². The van der Waals surface area contributed by atoms with Crippen LogP contribution in [0.5, 0.6) is 0 Å². The first-order valence-corrected chi connectivity index (χ1v) is 12.1. The zero-order valence-corrected chi connectivity index (χ0v) is 20.7. The van der Waals surface area contributed by atoms with E-state index in [2.05, 4.69) is 22.2 Å². The van der Waals surface area contributed by atoms with Gasteiger partial charge < -0.3 is 19.9 Å². The maximum atomic E-state index is 15.0. The molecular weight excluding hydrogens is 457 g/mol. The molecular formula is C28H30FN5O2. The van der Waals surface area contributed by atoms with Crippen LogP contribution < -0.4 is 10.9 Å². The number of nitrogens with one attached hydrogen (secondary N) is 1. The SMILES string of the molecule is CN1CCC([C@@](C)(O)c2ccc3cnc(Nc4ccc(-c5cccn(C)c5=O)cc4F)cc3n2)CC1. The quantitative estimate of drug-likeness (QED) is 0.434. The molecule has 1 aliphatic rings. The molecule has 1 aliphatic heterocycles. The largest absolute Gasteiger partial charge is 0.384 e. The summed E-state index contributed by atoms with van der Waals surface area (Å²) in [5.74, 6) is 0.0766. The summed E-state index contributed by atoms with van der Waals surface area (Å²) in [7, 11) is 3.76. The van der Waals surface area contributed by atoms with Crippen molar-refractivity contribution in [3.8, 4) is 11.1 Å². The zero-order valence-electron chi connectivity index (χ0n) is 20.7. The Morgan fingerprint density at radius 3 is 2.64 bits per heavy atom. The molecule has 1 aromatic carbocycles. The van der Waals surface area contributed by atoms with Crippen molar-refractivity contribution in [2.45, 2.75) is 25.4 Å². The van der Waals surface area contributed by atoms with Crippen molar-refractivity contribution in [3.63, 3.8) is 0 Å². The topological polar surface area (TPSA) is 83.3 Å². The molecule has 1 atom stereocenters.